The molecule has 2 aromatic heterocycles. The Bertz CT molecular complexity index is 892. The maximum absolute atomic E-state index is 13.3. The summed E-state index contributed by atoms with van der Waals surface area (Å²) in [6.07, 6.45) is 0.308. The normalized spacial score (nSPS) is 16.2. The maximum Gasteiger partial charge on any atom is 0.417 e. The van der Waals surface area contributed by atoms with Crippen LogP contribution in [-0.4, -0.2) is 26.3 Å². The number of pyridine rings is 1. The van der Waals surface area contributed by atoms with E-state index in [1.165, 1.54) is 18.7 Å². The van der Waals surface area contributed by atoms with Gasteiger partial charge in [0.2, 0.25) is 5.91 Å². The Hall–Kier alpha value is -2.32. The van der Waals surface area contributed by atoms with Crippen molar-refractivity contribution in [2.24, 2.45) is 7.05 Å². The highest BCUT2D eigenvalue weighted by Crippen LogP contribution is 2.35. The summed E-state index contributed by atoms with van der Waals surface area (Å²) in [5, 5.41) is 6.75. The topological polar surface area (TPSA) is 68.9 Å². The van der Waals surface area contributed by atoms with Crippen LogP contribution in [0.4, 0.5) is 13.2 Å². The van der Waals surface area contributed by atoms with Crippen molar-refractivity contribution in [2.75, 3.05) is 0 Å². The molecule has 1 aliphatic rings. The first-order valence-corrected chi connectivity index (χ1v) is 8.62. The van der Waals surface area contributed by atoms with Gasteiger partial charge in [-0.1, -0.05) is 19.3 Å². The number of halogens is 3. The van der Waals surface area contributed by atoms with E-state index in [1.807, 2.05) is 0 Å². The van der Waals surface area contributed by atoms with E-state index in [4.69, 9.17) is 0 Å². The first-order valence-electron chi connectivity index (χ1n) is 8.62. The molecule has 0 radical (unpaired) electrons. The minimum Gasteiger partial charge on any atom is -0.352 e. The summed E-state index contributed by atoms with van der Waals surface area (Å²) in [6.45, 7) is 1.12. The molecule has 2 heterocycles. The number of hydrogen-bond acceptors (Lipinski definition) is 3. The van der Waals surface area contributed by atoms with Crippen LogP contribution in [0, 0.1) is 6.92 Å². The maximum atomic E-state index is 13.3. The zero-order valence-electron chi connectivity index (χ0n) is 14.7. The Morgan fingerprint density at radius 2 is 1.96 bits per heavy atom. The lowest BCUT2D eigenvalue weighted by atomic mass is 9.95. The number of carbonyl (C=O) groups is 1. The molecule has 6 nitrogen and oxygen atoms in total. The van der Waals surface area contributed by atoms with Crippen molar-refractivity contribution in [2.45, 2.75) is 57.8 Å². The Morgan fingerprint density at radius 3 is 2.58 bits per heavy atom. The van der Waals surface area contributed by atoms with Crippen LogP contribution in [0.15, 0.2) is 10.9 Å². The highest BCUT2D eigenvalue weighted by Gasteiger charge is 2.36. The first kappa shape index (κ1) is 18.5. The van der Waals surface area contributed by atoms with Crippen LogP contribution in [0.1, 0.15) is 43.4 Å². The van der Waals surface area contributed by atoms with E-state index >= 15 is 0 Å². The van der Waals surface area contributed by atoms with Gasteiger partial charge in [0.1, 0.15) is 12.2 Å². The fraction of sp³-hybridized carbons (Fsp3) is 0.588. The zero-order chi connectivity index (χ0) is 19.1. The van der Waals surface area contributed by atoms with Crippen molar-refractivity contribution in [3.8, 4) is 0 Å². The van der Waals surface area contributed by atoms with E-state index in [0.717, 1.165) is 36.7 Å². The number of nitrogens with zero attached hydrogens (tertiary/aromatic N) is 3. The fourth-order valence-corrected chi connectivity index (χ4v) is 3.69. The Balaban J connectivity index is 2.00. The van der Waals surface area contributed by atoms with Gasteiger partial charge in [-0.3, -0.25) is 18.8 Å². The predicted octanol–water partition coefficient (Wildman–Crippen LogP) is 2.51. The number of hydrogen-bond donors (Lipinski definition) is 1. The average molecular weight is 370 g/mol. The molecule has 2 aromatic rings. The first-order chi connectivity index (χ1) is 12.2. The number of aryl methyl sites for hydroxylation is 2. The quantitative estimate of drug-likeness (QED) is 0.903. The molecule has 0 atom stereocenters. The van der Waals surface area contributed by atoms with Gasteiger partial charge in [-0.15, -0.1) is 0 Å². The third kappa shape index (κ3) is 3.47. The number of carbonyl (C=O) groups excluding carboxylic acids is 1. The zero-order valence-corrected chi connectivity index (χ0v) is 14.7. The van der Waals surface area contributed by atoms with Gasteiger partial charge in [0.15, 0.2) is 0 Å². The molecule has 0 bridgehead atoms. The summed E-state index contributed by atoms with van der Waals surface area (Å²) < 4.78 is 42.3. The summed E-state index contributed by atoms with van der Waals surface area (Å²) in [7, 11) is 1.46. The molecule has 0 aromatic carbocycles. The predicted molar refractivity (Wildman–Crippen MR) is 89.7 cm³/mol. The highest BCUT2D eigenvalue weighted by molar-refractivity contribution is 5.85. The van der Waals surface area contributed by atoms with Gasteiger partial charge in [-0.25, -0.2) is 0 Å². The van der Waals surface area contributed by atoms with Crippen molar-refractivity contribution in [3.05, 3.63) is 27.7 Å². The van der Waals surface area contributed by atoms with Crippen molar-refractivity contribution in [3.63, 3.8) is 0 Å². The molecule has 0 unspecified atom stereocenters. The number of amides is 1. The largest absolute Gasteiger partial charge is 0.417 e. The fourth-order valence-electron chi connectivity index (χ4n) is 3.69. The molecule has 1 N–H and O–H groups in total. The van der Waals surface area contributed by atoms with Crippen LogP contribution >= 0.6 is 0 Å². The summed E-state index contributed by atoms with van der Waals surface area (Å²) in [4.78, 5) is 24.7. The van der Waals surface area contributed by atoms with Crippen LogP contribution in [0.3, 0.4) is 0 Å². The van der Waals surface area contributed by atoms with Crippen LogP contribution in [-0.2, 0) is 24.6 Å². The van der Waals surface area contributed by atoms with E-state index < -0.39 is 17.3 Å². The lowest BCUT2D eigenvalue weighted by molar-refractivity contribution is -0.136. The minimum atomic E-state index is -4.67. The molecule has 0 aliphatic heterocycles. The van der Waals surface area contributed by atoms with Crippen LogP contribution in [0.25, 0.3) is 11.0 Å². The van der Waals surface area contributed by atoms with Crippen molar-refractivity contribution >= 4 is 16.9 Å². The van der Waals surface area contributed by atoms with E-state index in [1.54, 1.807) is 0 Å². The number of fused-ring (bicyclic) bond motifs is 1. The van der Waals surface area contributed by atoms with Gasteiger partial charge >= 0.3 is 6.18 Å². The Kier molecular flexibility index (Phi) is 4.81. The van der Waals surface area contributed by atoms with E-state index in [2.05, 4.69) is 10.4 Å². The van der Waals surface area contributed by atoms with Gasteiger partial charge in [0.05, 0.1) is 16.6 Å². The molecule has 0 saturated heterocycles. The summed E-state index contributed by atoms with van der Waals surface area (Å²) in [5.74, 6) is -0.376. The second-order valence-electron chi connectivity index (χ2n) is 6.79. The number of rotatable bonds is 3. The van der Waals surface area contributed by atoms with Crippen LogP contribution in [0.5, 0.6) is 0 Å². The molecule has 142 valence electrons. The smallest absolute Gasteiger partial charge is 0.352 e. The Labute approximate surface area is 148 Å². The average Bonchev–Trinajstić information content (AvgIpc) is 2.84. The second kappa shape index (κ2) is 6.77. The molecule has 26 heavy (non-hydrogen) atoms. The van der Waals surface area contributed by atoms with Crippen LogP contribution < -0.4 is 10.9 Å². The van der Waals surface area contributed by atoms with Gasteiger partial charge < -0.3 is 5.32 Å². The molecule has 1 saturated carbocycles. The SMILES string of the molecule is Cc1nn(C)c2c1c(C(F)(F)F)cc(=O)n2CC(=O)NC1CCCCC1. The van der Waals surface area contributed by atoms with E-state index in [0.29, 0.717) is 6.07 Å². The highest BCUT2D eigenvalue weighted by atomic mass is 19.4. The molecule has 1 amide bonds. The van der Waals surface area contributed by atoms with Crippen molar-refractivity contribution < 1.29 is 18.0 Å². The van der Waals surface area contributed by atoms with Crippen molar-refractivity contribution in [1.82, 2.24) is 19.7 Å². The number of alkyl halides is 3. The molecule has 3 rings (SSSR count). The monoisotopic (exact) mass is 370 g/mol. The van der Waals surface area contributed by atoms with Gasteiger partial charge in [-0.05, 0) is 19.8 Å². The Morgan fingerprint density at radius 1 is 1.31 bits per heavy atom. The molecule has 1 aliphatic carbocycles. The molecular formula is C17H21F3N4O2. The molecule has 1 fully saturated rings. The third-order valence-electron chi connectivity index (χ3n) is 4.83. The standard InChI is InChI=1S/C17H21F3N4O2/c1-10-15-12(17(18,19)20)8-14(26)24(16(15)23(2)22-10)9-13(25)21-11-6-4-3-5-7-11/h8,11H,3-7,9H2,1-2H3,(H,21,25). The van der Waals surface area contributed by atoms with E-state index in [-0.39, 0.29) is 35.2 Å². The summed E-state index contributed by atoms with van der Waals surface area (Å²) >= 11 is 0. The third-order valence-corrected chi connectivity index (χ3v) is 4.83. The van der Waals surface area contributed by atoms with Gasteiger partial charge in [0, 0.05) is 19.2 Å². The number of nitrogens with one attached hydrogen (secondary N) is 1. The van der Waals surface area contributed by atoms with Gasteiger partial charge in [0.25, 0.3) is 5.56 Å². The second-order valence-corrected chi connectivity index (χ2v) is 6.79. The summed E-state index contributed by atoms with van der Waals surface area (Å²) in [5.41, 5.74) is -1.73. The van der Waals surface area contributed by atoms with Crippen molar-refractivity contribution in [1.29, 1.82) is 0 Å². The lowest BCUT2D eigenvalue weighted by Gasteiger charge is -2.23. The molecule has 0 spiro atoms. The number of aromatic nitrogens is 3. The minimum absolute atomic E-state index is 0.00104. The lowest BCUT2D eigenvalue weighted by Crippen LogP contribution is -2.40. The van der Waals surface area contributed by atoms with Crippen LogP contribution in [0.2, 0.25) is 0 Å². The molecule has 9 heteroatoms. The summed E-state index contributed by atoms with van der Waals surface area (Å²) in [6, 6.07) is 0.607. The van der Waals surface area contributed by atoms with Gasteiger partial charge in [-0.2, -0.15) is 18.3 Å². The molecular weight excluding hydrogens is 349 g/mol. The van der Waals surface area contributed by atoms with E-state index in [9.17, 15) is 22.8 Å².